The zero-order chi connectivity index (χ0) is 11.0. The lowest BCUT2D eigenvalue weighted by molar-refractivity contribution is -0.122. The molecule has 1 heterocycles. The van der Waals surface area contributed by atoms with Gasteiger partial charge in [0.1, 0.15) is 0 Å². The van der Waals surface area contributed by atoms with E-state index < -0.39 is 0 Å². The number of carbonyl (C=O) groups is 1. The van der Waals surface area contributed by atoms with Gasteiger partial charge in [0.15, 0.2) is 0 Å². The van der Waals surface area contributed by atoms with Crippen LogP contribution in [-0.4, -0.2) is 41.1 Å². The van der Waals surface area contributed by atoms with Crippen molar-refractivity contribution in [2.75, 3.05) is 13.6 Å². The first-order valence-electron chi connectivity index (χ1n) is 4.91. The summed E-state index contributed by atoms with van der Waals surface area (Å²) in [6.07, 6.45) is 7.45. The molecule has 14 heavy (non-hydrogen) atoms. The summed E-state index contributed by atoms with van der Waals surface area (Å²) in [5.74, 6) is 0. The number of unbranched alkanes of at least 4 members (excludes halogenated alkanes) is 1. The summed E-state index contributed by atoms with van der Waals surface area (Å²) in [5, 5.41) is 6.89. The maximum absolute atomic E-state index is 8.36. The Hall–Kier alpha value is -1.19. The lowest BCUT2D eigenvalue weighted by Crippen LogP contribution is -2.33. The Labute approximate surface area is 85.8 Å². The zero-order valence-electron chi connectivity index (χ0n) is 9.18. The number of hydrogen-bond donors (Lipinski definition) is 1. The molecule has 1 aliphatic rings. The second kappa shape index (κ2) is 7.24. The Morgan fingerprint density at radius 3 is 2.43 bits per heavy atom. The minimum atomic E-state index is -0.250. The molecule has 1 unspecified atom stereocenters. The Morgan fingerprint density at radius 1 is 1.50 bits per heavy atom. The van der Waals surface area contributed by atoms with Gasteiger partial charge in [-0.3, -0.25) is 4.79 Å². The molecule has 4 nitrogen and oxygen atoms in total. The molecule has 0 aliphatic carbocycles. The third-order valence-electron chi connectivity index (χ3n) is 2.33. The normalized spacial score (nSPS) is 19.2. The fourth-order valence-corrected chi connectivity index (χ4v) is 1.28. The number of carboxylic acid groups (broad SMARTS) is 1. The van der Waals surface area contributed by atoms with Crippen LogP contribution in [0.15, 0.2) is 12.4 Å². The van der Waals surface area contributed by atoms with E-state index >= 15 is 0 Å². The summed E-state index contributed by atoms with van der Waals surface area (Å²) < 4.78 is 0. The summed E-state index contributed by atoms with van der Waals surface area (Å²) >= 11 is 0. The molecule has 1 rings (SSSR count). The third-order valence-corrected chi connectivity index (χ3v) is 2.33. The number of nitrogens with zero attached hydrogens (tertiary/aromatic N) is 2. The summed E-state index contributed by atoms with van der Waals surface area (Å²) in [7, 11) is 2.12. The highest BCUT2D eigenvalue weighted by Gasteiger charge is 2.16. The smallest absolute Gasteiger partial charge is 0.290 e. The minimum Gasteiger partial charge on any atom is -0.483 e. The molecule has 0 saturated heterocycles. The largest absolute Gasteiger partial charge is 0.483 e. The first-order chi connectivity index (χ1) is 6.67. The van der Waals surface area contributed by atoms with Gasteiger partial charge in [0.2, 0.25) is 0 Å². The predicted octanol–water partition coefficient (Wildman–Crippen LogP) is 1.55. The first-order valence-corrected chi connectivity index (χ1v) is 4.91. The van der Waals surface area contributed by atoms with Gasteiger partial charge in [0.05, 0.1) is 6.17 Å². The van der Waals surface area contributed by atoms with Crippen LogP contribution in [0, 0.1) is 0 Å². The number of hydrogen-bond acceptors (Lipinski definition) is 3. The van der Waals surface area contributed by atoms with Crippen LogP contribution < -0.4 is 0 Å². The fraction of sp³-hybridized carbons (Fsp3) is 0.700. The van der Waals surface area contributed by atoms with E-state index in [0.717, 1.165) is 0 Å². The van der Waals surface area contributed by atoms with Crippen molar-refractivity contribution in [3.05, 3.63) is 12.4 Å². The molecule has 0 fully saturated rings. The van der Waals surface area contributed by atoms with Crippen LogP contribution in [0.25, 0.3) is 0 Å². The summed E-state index contributed by atoms with van der Waals surface area (Å²) in [6, 6.07) is 0. The highest BCUT2D eigenvalue weighted by molar-refractivity contribution is 5.32. The molecule has 4 heteroatoms. The van der Waals surface area contributed by atoms with Crippen molar-refractivity contribution in [1.82, 2.24) is 9.80 Å². The Balaban J connectivity index is 0.000000500. The molecule has 82 valence electrons. The molecule has 1 N–H and O–H groups in total. The van der Waals surface area contributed by atoms with Crippen LogP contribution in [0.4, 0.5) is 0 Å². The molecule has 1 aliphatic heterocycles. The van der Waals surface area contributed by atoms with Crippen LogP contribution in [0.1, 0.15) is 26.7 Å². The van der Waals surface area contributed by atoms with Gasteiger partial charge in [0, 0.05) is 26.0 Å². The van der Waals surface area contributed by atoms with Crippen molar-refractivity contribution >= 4 is 6.47 Å². The minimum absolute atomic E-state index is 0.250. The molecule has 0 aromatic carbocycles. The predicted molar refractivity (Wildman–Crippen MR) is 56.7 cm³/mol. The van der Waals surface area contributed by atoms with Crippen LogP contribution >= 0.6 is 0 Å². The van der Waals surface area contributed by atoms with Crippen molar-refractivity contribution < 1.29 is 9.90 Å². The molecule has 1 atom stereocenters. The van der Waals surface area contributed by atoms with Crippen molar-refractivity contribution in [2.24, 2.45) is 0 Å². The second-order valence-electron chi connectivity index (χ2n) is 3.29. The number of rotatable bonds is 3. The third kappa shape index (κ3) is 4.16. The summed E-state index contributed by atoms with van der Waals surface area (Å²) in [6.45, 7) is 5.41. The molecule has 0 aromatic heterocycles. The first kappa shape index (κ1) is 12.8. The molecule has 0 bridgehead atoms. The van der Waals surface area contributed by atoms with Crippen LogP contribution in [0.2, 0.25) is 0 Å². The molecular weight excluding hydrogens is 180 g/mol. The lowest BCUT2D eigenvalue weighted by Gasteiger charge is -2.26. The average Bonchev–Trinajstić information content (AvgIpc) is 2.47. The van der Waals surface area contributed by atoms with Crippen molar-refractivity contribution in [1.29, 1.82) is 0 Å². The van der Waals surface area contributed by atoms with Crippen molar-refractivity contribution in [3.63, 3.8) is 0 Å². The molecule has 0 saturated carbocycles. The van der Waals surface area contributed by atoms with Gasteiger partial charge >= 0.3 is 0 Å². The highest BCUT2D eigenvalue weighted by Crippen LogP contribution is 2.13. The molecule has 0 spiro atoms. The van der Waals surface area contributed by atoms with Gasteiger partial charge in [-0.2, -0.15) is 0 Å². The standard InChI is InChI=1S/C9H18N2.CH2O2/c1-4-5-6-11-8-7-10(3)9(11)2;2-1-3/h7-9H,4-6H2,1-3H3;1H,(H,2,3). The maximum atomic E-state index is 8.36. The highest BCUT2D eigenvalue weighted by atomic mass is 16.3. The van der Waals surface area contributed by atoms with Gasteiger partial charge in [0.25, 0.3) is 6.47 Å². The van der Waals surface area contributed by atoms with Crippen molar-refractivity contribution in [2.45, 2.75) is 32.9 Å². The monoisotopic (exact) mass is 200 g/mol. The van der Waals surface area contributed by atoms with Gasteiger partial charge in [-0.25, -0.2) is 0 Å². The van der Waals surface area contributed by atoms with Gasteiger partial charge in [-0.05, 0) is 13.3 Å². The van der Waals surface area contributed by atoms with Gasteiger partial charge < -0.3 is 14.9 Å². The van der Waals surface area contributed by atoms with E-state index in [1.807, 2.05) is 0 Å². The van der Waals surface area contributed by atoms with Crippen LogP contribution in [0.5, 0.6) is 0 Å². The Kier molecular flexibility index (Phi) is 6.62. The Morgan fingerprint density at radius 2 is 2.07 bits per heavy atom. The fourth-order valence-electron chi connectivity index (χ4n) is 1.28. The van der Waals surface area contributed by atoms with E-state index in [-0.39, 0.29) is 6.47 Å². The summed E-state index contributed by atoms with van der Waals surface area (Å²) in [4.78, 5) is 13.0. The average molecular weight is 200 g/mol. The second-order valence-corrected chi connectivity index (χ2v) is 3.29. The van der Waals surface area contributed by atoms with E-state index in [2.05, 4.69) is 43.1 Å². The van der Waals surface area contributed by atoms with E-state index in [0.29, 0.717) is 6.17 Å². The van der Waals surface area contributed by atoms with Crippen molar-refractivity contribution in [3.8, 4) is 0 Å². The Bertz CT molecular complexity index is 183. The van der Waals surface area contributed by atoms with Crippen LogP contribution in [0.3, 0.4) is 0 Å². The van der Waals surface area contributed by atoms with Crippen LogP contribution in [-0.2, 0) is 4.79 Å². The zero-order valence-corrected chi connectivity index (χ0v) is 9.18. The van der Waals surface area contributed by atoms with Gasteiger partial charge in [-0.15, -0.1) is 0 Å². The maximum Gasteiger partial charge on any atom is 0.290 e. The molecule has 0 amide bonds. The van der Waals surface area contributed by atoms with E-state index in [9.17, 15) is 0 Å². The topological polar surface area (TPSA) is 43.8 Å². The van der Waals surface area contributed by atoms with E-state index in [1.54, 1.807) is 0 Å². The van der Waals surface area contributed by atoms with Gasteiger partial charge in [-0.1, -0.05) is 13.3 Å². The molecule has 0 aromatic rings. The van der Waals surface area contributed by atoms with E-state index in [4.69, 9.17) is 9.90 Å². The van der Waals surface area contributed by atoms with E-state index in [1.165, 1.54) is 19.4 Å². The quantitative estimate of drug-likeness (QED) is 0.702. The molecule has 0 radical (unpaired) electrons. The lowest BCUT2D eigenvalue weighted by atomic mass is 10.3. The SMILES string of the molecule is CCCCN1C=CN(C)C1C.O=CO. The molecular formula is C10H20N2O2. The summed E-state index contributed by atoms with van der Waals surface area (Å²) in [5.41, 5.74) is 0.